The number of carbonyl (C=O) groups is 1. The van der Waals surface area contributed by atoms with Gasteiger partial charge in [0.2, 0.25) is 0 Å². The number of carbonyl (C=O) groups excluding carboxylic acids is 1. The summed E-state index contributed by atoms with van der Waals surface area (Å²) >= 11 is 0. The van der Waals surface area contributed by atoms with Gasteiger partial charge in [0, 0.05) is 0 Å². The second-order valence-corrected chi connectivity index (χ2v) is 4.06. The van der Waals surface area contributed by atoms with Gasteiger partial charge < -0.3 is 4.74 Å². The molecule has 78 valence electrons. The van der Waals surface area contributed by atoms with E-state index in [1.54, 1.807) is 0 Å². The summed E-state index contributed by atoms with van der Waals surface area (Å²) in [6, 6.07) is 8.62. The Morgan fingerprint density at radius 1 is 1.33 bits per heavy atom. The smallest absolute Gasteiger partial charge is 0.410 e. The highest BCUT2D eigenvalue weighted by atomic mass is 16.6. The van der Waals surface area contributed by atoms with E-state index >= 15 is 0 Å². The van der Waals surface area contributed by atoms with E-state index in [2.05, 4.69) is 18.2 Å². The van der Waals surface area contributed by atoms with E-state index in [1.165, 1.54) is 11.1 Å². The van der Waals surface area contributed by atoms with E-state index < -0.39 is 0 Å². The summed E-state index contributed by atoms with van der Waals surface area (Å²) in [5.41, 5.74) is 2.68. The Kier molecular flexibility index (Phi) is 1.91. The second-order valence-electron chi connectivity index (χ2n) is 4.06. The molecule has 2 aliphatic rings. The van der Waals surface area contributed by atoms with Gasteiger partial charge >= 0.3 is 6.09 Å². The Labute approximate surface area is 88.6 Å². The minimum absolute atomic E-state index is 0.156. The molecular weight excluding hydrogens is 190 g/mol. The molecule has 0 aromatic heterocycles. The average molecular weight is 203 g/mol. The van der Waals surface area contributed by atoms with Crippen molar-refractivity contribution in [2.45, 2.75) is 18.9 Å². The van der Waals surface area contributed by atoms with E-state index in [0.717, 1.165) is 19.4 Å². The molecule has 3 rings (SSSR count). The van der Waals surface area contributed by atoms with Gasteiger partial charge in [-0.15, -0.1) is 0 Å². The average Bonchev–Trinajstić information content (AvgIpc) is 2.83. The van der Waals surface area contributed by atoms with E-state index in [1.807, 2.05) is 11.0 Å². The zero-order chi connectivity index (χ0) is 10.3. The summed E-state index contributed by atoms with van der Waals surface area (Å²) in [6.07, 6.45) is 1.95. The third-order valence-electron chi connectivity index (χ3n) is 3.27. The number of cyclic esters (lactones) is 1. The Bertz CT molecular complexity index is 402. The van der Waals surface area contributed by atoms with Gasteiger partial charge in [-0.25, -0.2) is 4.79 Å². The monoisotopic (exact) mass is 203 g/mol. The number of rotatable bonds is 1. The number of amides is 1. The van der Waals surface area contributed by atoms with Crippen molar-refractivity contribution in [1.29, 1.82) is 0 Å². The van der Waals surface area contributed by atoms with Crippen LogP contribution in [0, 0.1) is 0 Å². The predicted molar refractivity (Wildman–Crippen MR) is 55.6 cm³/mol. The number of aryl methyl sites for hydroxylation is 1. The molecule has 1 aliphatic heterocycles. The van der Waals surface area contributed by atoms with Crippen LogP contribution >= 0.6 is 0 Å². The fourth-order valence-electron chi connectivity index (χ4n) is 2.55. The van der Waals surface area contributed by atoms with Gasteiger partial charge in [0.15, 0.2) is 0 Å². The number of nitrogens with zero attached hydrogens (tertiary/aromatic N) is 1. The predicted octanol–water partition coefficient (Wildman–Crippen LogP) is 2.13. The second kappa shape index (κ2) is 3.26. The van der Waals surface area contributed by atoms with Gasteiger partial charge in [-0.3, -0.25) is 4.90 Å². The van der Waals surface area contributed by atoms with Crippen LogP contribution in [-0.2, 0) is 11.2 Å². The highest BCUT2D eigenvalue weighted by Crippen LogP contribution is 2.36. The van der Waals surface area contributed by atoms with Crippen LogP contribution in [0.15, 0.2) is 24.3 Å². The number of hydrogen-bond donors (Lipinski definition) is 0. The van der Waals surface area contributed by atoms with Crippen molar-refractivity contribution in [1.82, 2.24) is 4.90 Å². The van der Waals surface area contributed by atoms with Gasteiger partial charge in [0.25, 0.3) is 0 Å². The minimum Gasteiger partial charge on any atom is -0.448 e. The molecule has 1 heterocycles. The van der Waals surface area contributed by atoms with Gasteiger partial charge in [0.05, 0.1) is 12.6 Å². The lowest BCUT2D eigenvalue weighted by Gasteiger charge is -2.21. The number of ether oxygens (including phenoxy) is 1. The fraction of sp³-hybridized carbons (Fsp3) is 0.417. The molecule has 1 atom stereocenters. The maximum absolute atomic E-state index is 11.5. The van der Waals surface area contributed by atoms with Crippen molar-refractivity contribution in [2.75, 3.05) is 13.2 Å². The number of fused-ring (bicyclic) bond motifs is 1. The van der Waals surface area contributed by atoms with Gasteiger partial charge in [-0.05, 0) is 24.0 Å². The molecule has 1 aliphatic carbocycles. The SMILES string of the molecule is O=C1OCCN1[C@H]1CCc2ccccc21. The third-order valence-corrected chi connectivity index (χ3v) is 3.27. The summed E-state index contributed by atoms with van der Waals surface area (Å²) in [6.45, 7) is 1.27. The highest BCUT2D eigenvalue weighted by molar-refractivity contribution is 5.70. The van der Waals surface area contributed by atoms with E-state index in [-0.39, 0.29) is 12.1 Å². The summed E-state index contributed by atoms with van der Waals surface area (Å²) in [5, 5.41) is 0. The standard InChI is InChI=1S/C12H13NO2/c14-12-13(7-8-15-12)11-6-5-9-3-1-2-4-10(9)11/h1-4,11H,5-8H2/t11-/m0/s1. The molecule has 0 bridgehead atoms. The van der Waals surface area contributed by atoms with Gasteiger partial charge in [-0.2, -0.15) is 0 Å². The molecule has 15 heavy (non-hydrogen) atoms. The molecule has 1 aromatic carbocycles. The van der Waals surface area contributed by atoms with Gasteiger partial charge in [-0.1, -0.05) is 24.3 Å². The maximum atomic E-state index is 11.5. The van der Waals surface area contributed by atoms with Crippen LogP contribution in [0.1, 0.15) is 23.6 Å². The third kappa shape index (κ3) is 1.30. The van der Waals surface area contributed by atoms with Crippen molar-refractivity contribution in [3.63, 3.8) is 0 Å². The van der Waals surface area contributed by atoms with Crippen LogP contribution in [0.3, 0.4) is 0 Å². The summed E-state index contributed by atoms with van der Waals surface area (Å²) in [5.74, 6) is 0. The van der Waals surface area contributed by atoms with Crippen LogP contribution in [0.5, 0.6) is 0 Å². The molecule has 0 radical (unpaired) electrons. The molecule has 3 heteroatoms. The number of hydrogen-bond acceptors (Lipinski definition) is 2. The Morgan fingerprint density at radius 3 is 3.00 bits per heavy atom. The molecule has 0 unspecified atom stereocenters. The molecular formula is C12H13NO2. The molecule has 1 aromatic rings. The largest absolute Gasteiger partial charge is 0.448 e. The molecule has 0 saturated carbocycles. The Hall–Kier alpha value is -1.51. The Morgan fingerprint density at radius 2 is 2.20 bits per heavy atom. The van der Waals surface area contributed by atoms with Crippen molar-refractivity contribution < 1.29 is 9.53 Å². The zero-order valence-electron chi connectivity index (χ0n) is 8.48. The lowest BCUT2D eigenvalue weighted by molar-refractivity contribution is 0.147. The van der Waals surface area contributed by atoms with Crippen LogP contribution in [0.4, 0.5) is 4.79 Å². The van der Waals surface area contributed by atoms with Crippen LogP contribution in [-0.4, -0.2) is 24.1 Å². The first-order valence-electron chi connectivity index (χ1n) is 5.37. The fourth-order valence-corrected chi connectivity index (χ4v) is 2.55. The highest BCUT2D eigenvalue weighted by Gasteiger charge is 2.34. The maximum Gasteiger partial charge on any atom is 0.410 e. The van der Waals surface area contributed by atoms with E-state index in [0.29, 0.717) is 6.61 Å². The molecule has 0 N–H and O–H groups in total. The van der Waals surface area contributed by atoms with Crippen LogP contribution in [0.2, 0.25) is 0 Å². The van der Waals surface area contributed by atoms with Crippen molar-refractivity contribution in [3.8, 4) is 0 Å². The molecule has 3 nitrogen and oxygen atoms in total. The molecule has 1 fully saturated rings. The first-order chi connectivity index (χ1) is 7.36. The minimum atomic E-state index is -0.156. The topological polar surface area (TPSA) is 29.5 Å². The first kappa shape index (κ1) is 8.77. The van der Waals surface area contributed by atoms with E-state index in [4.69, 9.17) is 4.74 Å². The quantitative estimate of drug-likeness (QED) is 0.699. The van der Waals surface area contributed by atoms with Crippen LogP contribution < -0.4 is 0 Å². The lowest BCUT2D eigenvalue weighted by atomic mass is 10.1. The van der Waals surface area contributed by atoms with Crippen molar-refractivity contribution >= 4 is 6.09 Å². The van der Waals surface area contributed by atoms with Crippen molar-refractivity contribution in [3.05, 3.63) is 35.4 Å². The summed E-state index contributed by atoms with van der Waals surface area (Å²) in [7, 11) is 0. The lowest BCUT2D eigenvalue weighted by Crippen LogP contribution is -2.28. The van der Waals surface area contributed by atoms with Crippen LogP contribution in [0.25, 0.3) is 0 Å². The first-order valence-corrected chi connectivity index (χ1v) is 5.37. The summed E-state index contributed by atoms with van der Waals surface area (Å²) in [4.78, 5) is 13.3. The van der Waals surface area contributed by atoms with Crippen molar-refractivity contribution in [2.24, 2.45) is 0 Å². The normalized spacial score (nSPS) is 24.1. The number of benzene rings is 1. The zero-order valence-corrected chi connectivity index (χ0v) is 8.48. The van der Waals surface area contributed by atoms with E-state index in [9.17, 15) is 4.79 Å². The summed E-state index contributed by atoms with van der Waals surface area (Å²) < 4.78 is 4.98. The molecule has 1 saturated heterocycles. The molecule has 0 spiro atoms. The molecule has 1 amide bonds. The van der Waals surface area contributed by atoms with Gasteiger partial charge in [0.1, 0.15) is 6.61 Å². The Balaban J connectivity index is 1.93.